The topological polar surface area (TPSA) is 57.7 Å². The monoisotopic (exact) mass is 348 g/mol. The van der Waals surface area contributed by atoms with E-state index in [9.17, 15) is 14.4 Å². The number of allylic oxidation sites excluding steroid dienone is 2. The van der Waals surface area contributed by atoms with Crippen molar-refractivity contribution >= 4 is 23.8 Å². The summed E-state index contributed by atoms with van der Waals surface area (Å²) in [5.41, 5.74) is 4.55. The average molecular weight is 348 g/mol. The summed E-state index contributed by atoms with van der Waals surface area (Å²) in [4.78, 5) is 40.7. The fourth-order valence-corrected chi connectivity index (χ4v) is 4.14. The van der Waals surface area contributed by atoms with Crippen LogP contribution in [0.15, 0.2) is 58.3 Å². The Morgan fingerprint density at radius 3 is 2.08 bits per heavy atom. The molecule has 0 fully saturated rings. The number of hydrogen-bond acceptors (Lipinski definition) is 3. The van der Waals surface area contributed by atoms with Crippen LogP contribution in [-0.4, -0.2) is 42.0 Å². The maximum atomic E-state index is 13.0. The van der Waals surface area contributed by atoms with E-state index in [1.807, 2.05) is 30.3 Å². The molecular formula is C21H20N2O3. The first-order valence-corrected chi connectivity index (χ1v) is 8.84. The molecule has 2 aliphatic heterocycles. The van der Waals surface area contributed by atoms with E-state index in [0.29, 0.717) is 34.5 Å². The quantitative estimate of drug-likeness (QED) is 0.789. The second kappa shape index (κ2) is 6.09. The summed E-state index contributed by atoms with van der Waals surface area (Å²) >= 11 is 0. The van der Waals surface area contributed by atoms with Crippen molar-refractivity contribution in [2.45, 2.75) is 25.7 Å². The van der Waals surface area contributed by atoms with Crippen molar-refractivity contribution in [1.82, 2.24) is 9.80 Å². The Morgan fingerprint density at radius 2 is 1.42 bits per heavy atom. The fourth-order valence-electron chi connectivity index (χ4n) is 4.14. The van der Waals surface area contributed by atoms with E-state index in [1.165, 1.54) is 0 Å². The average Bonchev–Trinajstić information content (AvgIpc) is 3.08. The molecule has 3 aliphatic rings. The molecule has 0 saturated heterocycles. The van der Waals surface area contributed by atoms with Gasteiger partial charge in [0.25, 0.3) is 11.8 Å². The smallest absolute Gasteiger partial charge is 0.261 e. The molecular weight excluding hydrogens is 328 g/mol. The van der Waals surface area contributed by atoms with Crippen molar-refractivity contribution in [1.29, 1.82) is 0 Å². The van der Waals surface area contributed by atoms with Gasteiger partial charge in [-0.1, -0.05) is 30.3 Å². The highest BCUT2D eigenvalue weighted by atomic mass is 16.2. The Morgan fingerprint density at radius 1 is 0.846 bits per heavy atom. The molecule has 0 unspecified atom stereocenters. The van der Waals surface area contributed by atoms with Gasteiger partial charge in [-0.15, -0.1) is 0 Å². The van der Waals surface area contributed by atoms with Crippen LogP contribution in [0.3, 0.4) is 0 Å². The number of carbonyl (C=O) groups excluding carboxylic acids is 3. The molecule has 0 atom stereocenters. The molecule has 4 rings (SSSR count). The highest BCUT2D eigenvalue weighted by Crippen LogP contribution is 2.46. The molecule has 0 N–H and O–H groups in total. The van der Waals surface area contributed by atoms with Crippen molar-refractivity contribution in [3.63, 3.8) is 0 Å². The van der Waals surface area contributed by atoms with E-state index < -0.39 is 0 Å². The summed E-state index contributed by atoms with van der Waals surface area (Å²) in [6.07, 6.45) is 4.22. The van der Waals surface area contributed by atoms with Crippen LogP contribution in [0.25, 0.3) is 5.70 Å². The number of likely N-dealkylation sites (N-methyl/N-ethyl adjacent to an activating group) is 2. The lowest BCUT2D eigenvalue weighted by Crippen LogP contribution is -2.27. The number of carbonyl (C=O) groups is 3. The predicted octanol–water partition coefficient (Wildman–Crippen LogP) is 2.67. The van der Waals surface area contributed by atoms with Crippen molar-refractivity contribution in [2.75, 3.05) is 14.1 Å². The Kier molecular flexibility index (Phi) is 3.87. The van der Waals surface area contributed by atoms with E-state index in [0.717, 1.165) is 36.7 Å². The lowest BCUT2D eigenvalue weighted by molar-refractivity contribution is -0.123. The van der Waals surface area contributed by atoms with Gasteiger partial charge < -0.3 is 9.80 Å². The SMILES string of the molecule is CN1C(=O)C2=C(c3ccccc3)N(C)C(=O)C2=C1C1=C(C=O)CCCC1. The molecule has 1 aromatic rings. The number of benzene rings is 1. The van der Waals surface area contributed by atoms with Gasteiger partial charge in [-0.25, -0.2) is 0 Å². The van der Waals surface area contributed by atoms with Gasteiger partial charge >= 0.3 is 0 Å². The Balaban J connectivity index is 1.99. The molecule has 1 aliphatic carbocycles. The lowest BCUT2D eigenvalue weighted by Gasteiger charge is -2.24. The van der Waals surface area contributed by atoms with Crippen molar-refractivity contribution < 1.29 is 14.4 Å². The molecule has 132 valence electrons. The summed E-state index contributed by atoms with van der Waals surface area (Å²) in [5, 5.41) is 0. The van der Waals surface area contributed by atoms with E-state index in [1.54, 1.807) is 23.9 Å². The van der Waals surface area contributed by atoms with Gasteiger partial charge in [-0.2, -0.15) is 0 Å². The van der Waals surface area contributed by atoms with Crippen LogP contribution >= 0.6 is 0 Å². The first kappa shape index (κ1) is 16.5. The minimum atomic E-state index is -0.185. The Hall–Kier alpha value is -2.95. The Labute approximate surface area is 152 Å². The van der Waals surface area contributed by atoms with Crippen LogP contribution in [0.4, 0.5) is 0 Å². The first-order chi connectivity index (χ1) is 12.6. The molecule has 26 heavy (non-hydrogen) atoms. The number of amides is 2. The van der Waals surface area contributed by atoms with Gasteiger partial charge in [0.05, 0.1) is 22.5 Å². The number of hydrogen-bond donors (Lipinski definition) is 0. The molecule has 0 spiro atoms. The zero-order valence-corrected chi connectivity index (χ0v) is 14.9. The maximum Gasteiger partial charge on any atom is 0.261 e. The summed E-state index contributed by atoms with van der Waals surface area (Å²) in [7, 11) is 3.39. The molecule has 1 aromatic carbocycles. The minimum absolute atomic E-state index is 0.185. The third-order valence-corrected chi connectivity index (χ3v) is 5.42. The normalized spacial score (nSPS) is 20.5. The second-order valence-corrected chi connectivity index (χ2v) is 6.87. The molecule has 2 heterocycles. The van der Waals surface area contributed by atoms with Gasteiger partial charge in [-0.3, -0.25) is 14.4 Å². The van der Waals surface area contributed by atoms with Gasteiger partial charge in [0.2, 0.25) is 0 Å². The van der Waals surface area contributed by atoms with E-state index in [4.69, 9.17) is 0 Å². The predicted molar refractivity (Wildman–Crippen MR) is 97.5 cm³/mol. The van der Waals surface area contributed by atoms with E-state index >= 15 is 0 Å². The highest BCUT2D eigenvalue weighted by molar-refractivity contribution is 6.25. The molecule has 2 amide bonds. The third-order valence-electron chi connectivity index (χ3n) is 5.42. The van der Waals surface area contributed by atoms with Gasteiger partial charge in [-0.05, 0) is 42.4 Å². The highest BCUT2D eigenvalue weighted by Gasteiger charge is 2.47. The van der Waals surface area contributed by atoms with Crippen LogP contribution in [0.5, 0.6) is 0 Å². The van der Waals surface area contributed by atoms with Crippen LogP contribution in [0.2, 0.25) is 0 Å². The molecule has 0 aromatic heterocycles. The standard InChI is InChI=1S/C21H20N2O3/c1-22-18(13-8-4-3-5-9-13)16-17(21(22)26)19(23(2)20(16)25)15-11-7-6-10-14(15)12-24/h3-5,8-9,12H,6-7,10-11H2,1-2H3. The van der Waals surface area contributed by atoms with Crippen LogP contribution in [-0.2, 0) is 14.4 Å². The number of fused-ring (bicyclic) bond motifs is 1. The summed E-state index contributed by atoms with van der Waals surface area (Å²) < 4.78 is 0. The summed E-state index contributed by atoms with van der Waals surface area (Å²) in [6.45, 7) is 0. The van der Waals surface area contributed by atoms with Crippen molar-refractivity contribution in [2.24, 2.45) is 0 Å². The zero-order chi connectivity index (χ0) is 18.4. The second-order valence-electron chi connectivity index (χ2n) is 6.87. The molecule has 0 saturated carbocycles. The molecule has 0 bridgehead atoms. The van der Waals surface area contributed by atoms with Crippen molar-refractivity contribution in [3.05, 3.63) is 63.9 Å². The first-order valence-electron chi connectivity index (χ1n) is 8.84. The summed E-state index contributed by atoms with van der Waals surface area (Å²) in [5.74, 6) is -0.371. The minimum Gasteiger partial charge on any atom is -0.310 e. The van der Waals surface area contributed by atoms with Crippen LogP contribution in [0.1, 0.15) is 31.2 Å². The van der Waals surface area contributed by atoms with Gasteiger partial charge in [0.1, 0.15) is 6.29 Å². The van der Waals surface area contributed by atoms with Crippen molar-refractivity contribution in [3.8, 4) is 0 Å². The molecule has 0 radical (unpaired) electrons. The fraction of sp³-hybridized carbons (Fsp3) is 0.286. The third kappa shape index (κ3) is 2.20. The maximum absolute atomic E-state index is 13.0. The Bertz CT molecular complexity index is 922. The van der Waals surface area contributed by atoms with E-state index in [2.05, 4.69) is 0 Å². The van der Waals surface area contributed by atoms with Gasteiger partial charge in [0.15, 0.2) is 0 Å². The lowest BCUT2D eigenvalue weighted by atomic mass is 9.88. The van der Waals surface area contributed by atoms with Crippen LogP contribution < -0.4 is 0 Å². The molecule has 5 nitrogen and oxygen atoms in total. The van der Waals surface area contributed by atoms with E-state index in [-0.39, 0.29) is 11.8 Å². The number of nitrogens with zero attached hydrogens (tertiary/aromatic N) is 2. The number of rotatable bonds is 3. The molecule has 5 heteroatoms. The summed E-state index contributed by atoms with van der Waals surface area (Å²) in [6, 6.07) is 9.48. The van der Waals surface area contributed by atoms with Crippen LogP contribution in [0, 0.1) is 0 Å². The largest absolute Gasteiger partial charge is 0.310 e. The number of aldehydes is 1. The zero-order valence-electron chi connectivity index (χ0n) is 14.9. The van der Waals surface area contributed by atoms with Gasteiger partial charge in [0, 0.05) is 14.1 Å².